The van der Waals surface area contributed by atoms with E-state index in [-0.39, 0.29) is 0 Å². The van der Waals surface area contributed by atoms with E-state index in [9.17, 15) is 8.78 Å². The highest BCUT2D eigenvalue weighted by Gasteiger charge is 2.18. The molecule has 0 unspecified atom stereocenters. The van der Waals surface area contributed by atoms with E-state index in [1.807, 2.05) is 5.32 Å². The Hall–Kier alpha value is -1.16. The third kappa shape index (κ3) is 1.95. The minimum atomic E-state index is -2.31. The lowest BCUT2D eigenvalue weighted by Crippen LogP contribution is -2.50. The fraction of sp³-hybridized carbons (Fsp3) is 0.333. The van der Waals surface area contributed by atoms with Crippen molar-refractivity contribution in [2.24, 2.45) is 0 Å². The van der Waals surface area contributed by atoms with Gasteiger partial charge in [0.2, 0.25) is 0 Å². The molecule has 1 aromatic carbocycles. The molecule has 0 atom stereocenters. The molecule has 1 aliphatic rings. The van der Waals surface area contributed by atoms with Crippen LogP contribution >= 0.6 is 0 Å². The van der Waals surface area contributed by atoms with Crippen LogP contribution in [0.3, 0.4) is 0 Å². The van der Waals surface area contributed by atoms with Crippen molar-refractivity contribution in [3.8, 4) is 5.75 Å². The van der Waals surface area contributed by atoms with Crippen molar-refractivity contribution in [2.45, 2.75) is 6.10 Å². The summed E-state index contributed by atoms with van der Waals surface area (Å²) in [7, 11) is 0. The molecule has 0 spiro atoms. The van der Waals surface area contributed by atoms with E-state index in [1.54, 1.807) is 0 Å². The van der Waals surface area contributed by atoms with Crippen molar-refractivity contribution in [2.75, 3.05) is 13.0 Å². The summed E-state index contributed by atoms with van der Waals surface area (Å²) >= 11 is 0. The summed E-state index contributed by atoms with van der Waals surface area (Å²) in [5, 5.41) is 1.90. The Balaban J connectivity index is 2.45. The van der Waals surface area contributed by atoms with Crippen molar-refractivity contribution in [3.05, 3.63) is 29.8 Å². The maximum absolute atomic E-state index is 13.4. The van der Waals surface area contributed by atoms with E-state index in [2.05, 4.69) is 0 Å². The molecule has 0 aromatic heterocycles. The molecule has 70 valence electrons. The summed E-state index contributed by atoms with van der Waals surface area (Å²) in [6, 6.07) is -3.43. The van der Waals surface area contributed by atoms with Crippen LogP contribution in [0.15, 0.2) is 18.1 Å². The van der Waals surface area contributed by atoms with E-state index in [0.29, 0.717) is 0 Å². The molecule has 2 rings (SSSR count). The Morgan fingerprint density at radius 2 is 2.00 bits per heavy atom. The minimum Gasteiger partial charge on any atom is -0.488 e. The second-order valence-electron chi connectivity index (χ2n) is 2.24. The van der Waals surface area contributed by atoms with Gasteiger partial charge in [0, 0.05) is 36.6 Å². The van der Waals surface area contributed by atoms with Gasteiger partial charge in [0.05, 0.1) is 4.11 Å². The number of hydrogen-bond acceptors (Lipinski definition) is 2. The quantitative estimate of drug-likeness (QED) is 0.763. The Morgan fingerprint density at radius 3 is 2.54 bits per heavy atom. The molecular formula is C9H9F2NO. The highest BCUT2D eigenvalue weighted by atomic mass is 19.1. The summed E-state index contributed by atoms with van der Waals surface area (Å²) in [6.45, 7) is -4.62. The van der Waals surface area contributed by atoms with Gasteiger partial charge in [-0.1, -0.05) is 0 Å². The molecule has 1 heterocycles. The molecule has 0 saturated carbocycles. The Kier molecular flexibility index (Phi) is 0.897. The first kappa shape index (κ1) is 3.53. The van der Waals surface area contributed by atoms with Crippen molar-refractivity contribution in [3.63, 3.8) is 0 Å². The van der Waals surface area contributed by atoms with Gasteiger partial charge >= 0.3 is 0 Å². The molecule has 1 N–H and O–H groups in total. The molecule has 1 fully saturated rings. The average Bonchev–Trinajstić information content (AvgIpc) is 2.32. The summed E-state index contributed by atoms with van der Waals surface area (Å²) < 4.78 is 82.8. The fourth-order valence-corrected chi connectivity index (χ4v) is 0.756. The lowest BCUT2D eigenvalue weighted by atomic mass is 10.2. The van der Waals surface area contributed by atoms with Crippen molar-refractivity contribution < 1.29 is 23.1 Å². The zero-order chi connectivity index (χ0) is 15.5. The van der Waals surface area contributed by atoms with E-state index < -0.39 is 54.6 Å². The Morgan fingerprint density at radius 1 is 1.38 bits per heavy atom. The van der Waals surface area contributed by atoms with Crippen molar-refractivity contribution in [1.82, 2.24) is 5.32 Å². The maximum atomic E-state index is 13.4. The largest absolute Gasteiger partial charge is 0.488 e. The number of rotatable bonds is 2. The molecule has 0 radical (unpaired) electrons. The number of nitrogens with one attached hydrogen (secondary N) is 1. The van der Waals surface area contributed by atoms with Gasteiger partial charge in [0.1, 0.15) is 23.5 Å². The van der Waals surface area contributed by atoms with Gasteiger partial charge in [-0.25, -0.2) is 8.78 Å². The second kappa shape index (κ2) is 3.30. The monoisotopic (exact) mass is 192 g/mol. The number of hydrogen-bond donors (Lipinski definition) is 1. The normalized spacial score (nSPS) is 32.3. The van der Waals surface area contributed by atoms with E-state index >= 15 is 0 Å². The highest BCUT2D eigenvalue weighted by Crippen LogP contribution is 2.17. The van der Waals surface area contributed by atoms with Crippen LogP contribution in [0.1, 0.15) is 9.60 Å². The minimum absolute atomic E-state index is 0.935. The summed E-state index contributed by atoms with van der Waals surface area (Å²) in [4.78, 5) is 0. The number of benzene rings is 1. The molecule has 1 aromatic rings. The molecule has 2 nitrogen and oxygen atoms in total. The zero-order valence-corrected chi connectivity index (χ0v) is 6.24. The van der Waals surface area contributed by atoms with Crippen LogP contribution in [0.2, 0.25) is 0 Å². The summed E-state index contributed by atoms with van der Waals surface area (Å²) in [5.74, 6) is -4.04. The number of halogens is 2. The van der Waals surface area contributed by atoms with Gasteiger partial charge in [-0.2, -0.15) is 0 Å². The highest BCUT2D eigenvalue weighted by molar-refractivity contribution is 5.24. The third-order valence-electron chi connectivity index (χ3n) is 1.31. The standard InChI is InChI=1S/C9H9F2NO/c10-6-1-7(11)3-8(2-6)13-9-4-12-5-9/h1-3,9,12H,4-5H2/i1D,2D,3D,4D2,5D2. The van der Waals surface area contributed by atoms with Crippen LogP contribution in [0.4, 0.5) is 8.78 Å². The van der Waals surface area contributed by atoms with Gasteiger partial charge < -0.3 is 10.1 Å². The van der Waals surface area contributed by atoms with Crippen LogP contribution in [0, 0.1) is 11.6 Å². The average molecular weight is 192 g/mol. The first-order valence-electron chi connectivity index (χ1n) is 6.90. The zero-order valence-electron chi connectivity index (χ0n) is 13.2. The number of ether oxygens (including phenoxy) is 1. The molecule has 1 aliphatic heterocycles. The van der Waals surface area contributed by atoms with E-state index in [0.717, 1.165) is 0 Å². The van der Waals surface area contributed by atoms with Crippen LogP contribution in [-0.4, -0.2) is 19.1 Å². The molecule has 0 bridgehead atoms. The Bertz CT molecular complexity index is 537. The van der Waals surface area contributed by atoms with Crippen molar-refractivity contribution >= 4 is 0 Å². The molecule has 13 heavy (non-hydrogen) atoms. The van der Waals surface area contributed by atoms with Gasteiger partial charge in [-0.05, 0) is 0 Å². The smallest absolute Gasteiger partial charge is 0.129 e. The van der Waals surface area contributed by atoms with Crippen LogP contribution in [0.5, 0.6) is 5.75 Å². The maximum Gasteiger partial charge on any atom is 0.129 e. The fourth-order valence-electron chi connectivity index (χ4n) is 0.756. The van der Waals surface area contributed by atoms with Crippen LogP contribution in [-0.2, 0) is 0 Å². The van der Waals surface area contributed by atoms with Gasteiger partial charge in [-0.3, -0.25) is 0 Å². The molecular weight excluding hydrogens is 176 g/mol. The first-order chi connectivity index (χ1) is 8.99. The first-order valence-corrected chi connectivity index (χ1v) is 3.40. The molecule has 0 aliphatic carbocycles. The van der Waals surface area contributed by atoms with E-state index in [4.69, 9.17) is 14.3 Å². The lowest BCUT2D eigenvalue weighted by Gasteiger charge is -2.27. The SMILES string of the molecule is [2H]c1c(F)c([2H])c(OC2C([2H])([2H])NC2([2H])[2H])c([2H])c1F. The predicted molar refractivity (Wildman–Crippen MR) is 43.6 cm³/mol. The molecule has 0 amide bonds. The van der Waals surface area contributed by atoms with E-state index in [1.165, 1.54) is 0 Å². The predicted octanol–water partition coefficient (Wildman–Crippen LogP) is 1.32. The molecule has 1 saturated heterocycles. The topological polar surface area (TPSA) is 21.3 Å². The van der Waals surface area contributed by atoms with Gasteiger partial charge in [0.25, 0.3) is 0 Å². The lowest BCUT2D eigenvalue weighted by molar-refractivity contribution is 0.141. The van der Waals surface area contributed by atoms with Crippen molar-refractivity contribution in [1.29, 1.82) is 0 Å². The van der Waals surface area contributed by atoms with Gasteiger partial charge in [-0.15, -0.1) is 0 Å². The third-order valence-corrected chi connectivity index (χ3v) is 1.31. The Labute approximate surface area is 84.3 Å². The summed E-state index contributed by atoms with van der Waals surface area (Å²) in [5.41, 5.74) is 0. The van der Waals surface area contributed by atoms with Crippen LogP contribution < -0.4 is 10.1 Å². The second-order valence-corrected chi connectivity index (χ2v) is 2.24. The summed E-state index contributed by atoms with van der Waals surface area (Å²) in [6.07, 6.45) is -1.78. The van der Waals surface area contributed by atoms with Gasteiger partial charge in [0.15, 0.2) is 0 Å². The van der Waals surface area contributed by atoms with Crippen LogP contribution in [0.25, 0.3) is 0 Å². The molecule has 4 heteroatoms.